The quantitative estimate of drug-likeness (QED) is 0.0333. The Bertz CT molecular complexity index is 2670. The minimum atomic E-state index is -0.947. The van der Waals surface area contributed by atoms with Gasteiger partial charge in [-0.3, -0.25) is 5.32 Å². The van der Waals surface area contributed by atoms with Gasteiger partial charge in [0.2, 0.25) is 0 Å². The van der Waals surface area contributed by atoms with Crippen LogP contribution in [0.25, 0.3) is 22.3 Å². The largest absolute Gasteiger partial charge is 0.467 e. The highest BCUT2D eigenvalue weighted by molar-refractivity contribution is 5.85. The van der Waals surface area contributed by atoms with Crippen LogP contribution in [0.4, 0.5) is 25.8 Å². The van der Waals surface area contributed by atoms with Crippen LogP contribution < -0.4 is 21.7 Å². The molecule has 348 valence electrons. The Morgan fingerprint density at radius 2 is 0.897 bits per heavy atom. The second-order valence-electron chi connectivity index (χ2n) is 16.0. The van der Waals surface area contributed by atoms with Crippen molar-refractivity contribution in [1.29, 1.82) is 0 Å². The summed E-state index contributed by atoms with van der Waals surface area (Å²) in [5.41, 5.74) is 17.5. The molecular formula is C54H52N4O10. The predicted molar refractivity (Wildman–Crippen MR) is 258 cm³/mol. The van der Waals surface area contributed by atoms with Gasteiger partial charge in [-0.15, -0.1) is 0 Å². The normalized spacial score (nSPS) is 12.7. The van der Waals surface area contributed by atoms with E-state index in [1.165, 1.54) is 20.3 Å². The van der Waals surface area contributed by atoms with Crippen molar-refractivity contribution >= 4 is 41.6 Å². The van der Waals surface area contributed by atoms with Crippen molar-refractivity contribution < 1.29 is 47.7 Å². The summed E-state index contributed by atoms with van der Waals surface area (Å²) in [6.45, 7) is 3.90. The molecule has 14 nitrogen and oxygen atoms in total. The van der Waals surface area contributed by atoms with Crippen molar-refractivity contribution in [3.05, 3.63) is 192 Å². The van der Waals surface area contributed by atoms with E-state index < -0.39 is 42.3 Å². The highest BCUT2D eigenvalue weighted by atomic mass is 16.6. The number of anilines is 2. The van der Waals surface area contributed by atoms with E-state index in [0.717, 1.165) is 55.6 Å². The summed E-state index contributed by atoms with van der Waals surface area (Å²) in [4.78, 5) is 61.5. The van der Waals surface area contributed by atoms with Crippen LogP contribution in [0.3, 0.4) is 0 Å². The molecule has 0 saturated carbocycles. The van der Waals surface area contributed by atoms with Gasteiger partial charge in [-0.25, -0.2) is 24.0 Å². The third-order valence-corrected chi connectivity index (χ3v) is 11.6. The molecule has 0 spiro atoms. The molecule has 2 unspecified atom stereocenters. The Labute approximate surface area is 394 Å². The molecule has 2 aliphatic rings. The van der Waals surface area contributed by atoms with E-state index >= 15 is 0 Å². The Kier molecular flexibility index (Phi) is 15.9. The summed E-state index contributed by atoms with van der Waals surface area (Å²) in [6.07, 6.45) is -0.0424. The number of methoxy groups -OCH3 is 2. The molecule has 8 rings (SSSR count). The van der Waals surface area contributed by atoms with E-state index in [-0.39, 0.29) is 44.5 Å². The Morgan fingerprint density at radius 3 is 1.26 bits per heavy atom. The molecule has 0 saturated heterocycles. The second-order valence-corrected chi connectivity index (χ2v) is 16.0. The van der Waals surface area contributed by atoms with Crippen LogP contribution in [0.1, 0.15) is 45.2 Å². The zero-order chi connectivity index (χ0) is 48.0. The summed E-state index contributed by atoms with van der Waals surface area (Å²) < 4.78 is 25.7. The van der Waals surface area contributed by atoms with E-state index in [4.69, 9.17) is 29.4 Å². The van der Waals surface area contributed by atoms with Crippen molar-refractivity contribution in [3.8, 4) is 22.3 Å². The molecule has 0 bridgehead atoms. The van der Waals surface area contributed by atoms with Crippen LogP contribution in [-0.2, 0) is 46.1 Å². The number of benzene rings is 6. The molecule has 68 heavy (non-hydrogen) atoms. The van der Waals surface area contributed by atoms with Crippen LogP contribution in [0, 0.1) is 0 Å². The second kappa shape index (κ2) is 22.7. The van der Waals surface area contributed by atoms with Gasteiger partial charge in [-0.2, -0.15) is 0 Å². The van der Waals surface area contributed by atoms with Gasteiger partial charge in [0.25, 0.3) is 0 Å². The first-order chi connectivity index (χ1) is 33.1. The van der Waals surface area contributed by atoms with E-state index in [2.05, 4.69) is 58.9 Å². The van der Waals surface area contributed by atoms with E-state index in [1.54, 1.807) is 36.4 Å². The number of esters is 2. The first kappa shape index (κ1) is 47.6. The first-order valence-electron chi connectivity index (χ1n) is 21.9. The van der Waals surface area contributed by atoms with Gasteiger partial charge in [0.1, 0.15) is 31.9 Å². The molecule has 2 atom stereocenters. The molecule has 2 aliphatic carbocycles. The number of carbonyl (C=O) groups is 5. The minimum absolute atomic E-state index is 0.0492. The first-order valence-corrected chi connectivity index (χ1v) is 21.9. The third kappa shape index (κ3) is 11.7. The fraction of sp³-hybridized carbons (Fsp3) is 0.204. The maximum Gasteiger partial charge on any atom is 0.411 e. The Balaban J connectivity index is 0.000000204. The molecule has 0 fully saturated rings. The van der Waals surface area contributed by atoms with Crippen molar-refractivity contribution in [2.45, 2.75) is 36.8 Å². The minimum Gasteiger partial charge on any atom is -0.467 e. The maximum absolute atomic E-state index is 12.7. The summed E-state index contributed by atoms with van der Waals surface area (Å²) in [5, 5.41) is 7.85. The Morgan fingerprint density at radius 1 is 0.529 bits per heavy atom. The monoisotopic (exact) mass is 916 g/mol. The summed E-state index contributed by atoms with van der Waals surface area (Å²) in [5.74, 6) is -1.27. The summed E-state index contributed by atoms with van der Waals surface area (Å²) in [6, 6.07) is 44.5. The highest BCUT2D eigenvalue weighted by Crippen LogP contribution is 2.45. The van der Waals surface area contributed by atoms with Crippen molar-refractivity contribution in [2.24, 2.45) is 0 Å². The number of nitrogen functional groups attached to an aromatic ring is 1. The number of nitrogens with two attached hydrogens (primary N) is 1. The van der Waals surface area contributed by atoms with Crippen molar-refractivity contribution in [2.75, 3.05) is 45.1 Å². The fourth-order valence-corrected chi connectivity index (χ4v) is 8.37. The molecule has 3 amide bonds. The lowest BCUT2D eigenvalue weighted by molar-refractivity contribution is -0.143. The molecule has 5 N–H and O–H groups in total. The highest BCUT2D eigenvalue weighted by Gasteiger charge is 2.32. The predicted octanol–water partition coefficient (Wildman–Crippen LogP) is 8.94. The van der Waals surface area contributed by atoms with E-state index in [1.807, 2.05) is 72.8 Å². The smallest absolute Gasteiger partial charge is 0.411 e. The number of fused-ring (bicyclic) bond motifs is 6. The average Bonchev–Trinajstić information content (AvgIpc) is 3.87. The SMILES string of the molecule is C=CCOC(=O)Nc1ccc(CC(NC(=O)OCC2c3ccccc3-c3ccccc32)C(=O)OC)cc1.COC(=O)C(Cc1ccc(N)cc1)NC(=O)OCC1c2ccccc2-c2ccccc21. The van der Waals surface area contributed by atoms with Gasteiger partial charge < -0.3 is 40.1 Å². The van der Waals surface area contributed by atoms with Gasteiger partial charge in [-0.05, 0) is 79.9 Å². The number of rotatable bonds is 15. The number of ether oxygens (including phenoxy) is 5. The van der Waals surface area contributed by atoms with Crippen molar-refractivity contribution in [3.63, 3.8) is 0 Å². The Hall–Kier alpha value is -8.39. The van der Waals surface area contributed by atoms with Crippen LogP contribution in [0.15, 0.2) is 158 Å². The molecule has 0 heterocycles. The molecular weight excluding hydrogens is 865 g/mol. The number of alkyl carbamates (subject to hydrolysis) is 2. The van der Waals surface area contributed by atoms with E-state index in [9.17, 15) is 24.0 Å². The maximum atomic E-state index is 12.7. The van der Waals surface area contributed by atoms with Crippen molar-refractivity contribution in [1.82, 2.24) is 10.6 Å². The van der Waals surface area contributed by atoms with Gasteiger partial charge >= 0.3 is 30.2 Å². The standard InChI is InChI=1S/C29H28N2O6.C25H24N2O4/c1-3-16-36-28(33)30-20-14-12-19(13-15-20)17-26(27(32)35-2)31-29(34)37-18-25-23-10-6-4-8-21(23)22-9-5-7-11-24(22)25;1-30-24(28)23(14-16-10-12-17(26)13-11-16)27-25(29)31-15-22-20-8-4-2-6-18(20)19-7-3-5-9-21(19)22/h3-15,25-26H,1,16-18H2,2H3,(H,30,33)(H,31,34);2-13,22-23H,14-15,26H2,1H3,(H,27,29). The number of amides is 3. The van der Waals surface area contributed by atoms with Crippen LogP contribution in [0.2, 0.25) is 0 Å². The molecule has 0 aliphatic heterocycles. The van der Waals surface area contributed by atoms with Crippen LogP contribution in [0.5, 0.6) is 0 Å². The van der Waals surface area contributed by atoms with Gasteiger partial charge in [0.15, 0.2) is 0 Å². The lowest BCUT2D eigenvalue weighted by atomic mass is 9.98. The third-order valence-electron chi connectivity index (χ3n) is 11.6. The fourth-order valence-electron chi connectivity index (χ4n) is 8.37. The van der Waals surface area contributed by atoms with Crippen LogP contribution >= 0.6 is 0 Å². The lowest BCUT2D eigenvalue weighted by Crippen LogP contribution is -2.43. The molecule has 6 aromatic carbocycles. The zero-order valence-electron chi connectivity index (χ0n) is 37.6. The number of carbonyl (C=O) groups excluding carboxylic acids is 5. The average molecular weight is 917 g/mol. The van der Waals surface area contributed by atoms with Gasteiger partial charge in [-0.1, -0.05) is 134 Å². The molecule has 0 radical (unpaired) electrons. The number of hydrogen-bond donors (Lipinski definition) is 4. The lowest BCUT2D eigenvalue weighted by Gasteiger charge is -2.19. The zero-order valence-corrected chi connectivity index (χ0v) is 37.6. The van der Waals surface area contributed by atoms with E-state index in [0.29, 0.717) is 11.4 Å². The molecule has 6 aromatic rings. The van der Waals surface area contributed by atoms with Gasteiger partial charge in [0.05, 0.1) is 14.2 Å². The molecule has 14 heteroatoms. The topological polar surface area (TPSA) is 194 Å². The summed E-state index contributed by atoms with van der Waals surface area (Å²) >= 11 is 0. The molecule has 0 aromatic heterocycles. The van der Waals surface area contributed by atoms with Crippen LogP contribution in [-0.4, -0.2) is 76.3 Å². The summed E-state index contributed by atoms with van der Waals surface area (Å²) in [7, 11) is 2.55. The van der Waals surface area contributed by atoms with Gasteiger partial charge in [0, 0.05) is 36.1 Å². The number of hydrogen-bond acceptors (Lipinski definition) is 11. The number of nitrogens with one attached hydrogen (secondary N) is 3.